The summed E-state index contributed by atoms with van der Waals surface area (Å²) in [6, 6.07) is 0.247. The molecule has 0 spiro atoms. The van der Waals surface area contributed by atoms with E-state index < -0.39 is 0 Å². The van der Waals surface area contributed by atoms with Gasteiger partial charge in [-0.1, -0.05) is 5.21 Å². The number of halogens is 1. The molecule has 1 aromatic rings. The van der Waals surface area contributed by atoms with Crippen LogP contribution in [0.15, 0.2) is 4.60 Å². The summed E-state index contributed by atoms with van der Waals surface area (Å²) >= 11 is 3.27. The molecule has 12 heavy (non-hydrogen) atoms. The van der Waals surface area contributed by atoms with Crippen molar-refractivity contribution in [3.8, 4) is 0 Å². The van der Waals surface area contributed by atoms with E-state index in [0.717, 1.165) is 10.3 Å². The number of nitrogens with zero attached hydrogens (tertiary/aromatic N) is 3. The molecule has 0 bridgehead atoms. The van der Waals surface area contributed by atoms with E-state index in [1.165, 1.54) is 0 Å². The van der Waals surface area contributed by atoms with Crippen molar-refractivity contribution >= 4 is 21.7 Å². The molecule has 64 valence electrons. The molecule has 1 fully saturated rings. The highest BCUT2D eigenvalue weighted by Crippen LogP contribution is 2.29. The molecule has 1 aliphatic rings. The number of carbonyl (C=O) groups is 1. The van der Waals surface area contributed by atoms with Crippen molar-refractivity contribution in [1.29, 1.82) is 0 Å². The molecule has 0 radical (unpaired) electrons. The third-order valence-electron chi connectivity index (χ3n) is 2.14. The van der Waals surface area contributed by atoms with Crippen LogP contribution in [0.1, 0.15) is 24.6 Å². The Morgan fingerprint density at radius 1 is 1.58 bits per heavy atom. The Morgan fingerprint density at radius 2 is 2.25 bits per heavy atom. The highest BCUT2D eigenvalue weighted by atomic mass is 79.9. The first-order valence-electron chi connectivity index (χ1n) is 3.77. The maximum absolute atomic E-state index is 10.7. The lowest BCUT2D eigenvalue weighted by molar-refractivity contribution is -0.126. The third-order valence-corrected chi connectivity index (χ3v) is 2.88. The summed E-state index contributed by atoms with van der Waals surface area (Å²) in [7, 11) is 0. The SMILES string of the molecule is Cc1c(Br)nnn1C1CC(=O)C1. The van der Waals surface area contributed by atoms with E-state index in [9.17, 15) is 4.79 Å². The van der Waals surface area contributed by atoms with Crippen LogP contribution in [0.2, 0.25) is 0 Å². The molecule has 1 heterocycles. The lowest BCUT2D eigenvalue weighted by Crippen LogP contribution is -2.28. The van der Waals surface area contributed by atoms with E-state index in [4.69, 9.17) is 0 Å². The molecule has 4 nitrogen and oxygen atoms in total. The molecular weight excluding hydrogens is 222 g/mol. The van der Waals surface area contributed by atoms with E-state index in [-0.39, 0.29) is 6.04 Å². The molecular formula is C7H8BrN3O. The molecule has 1 aromatic heterocycles. The van der Waals surface area contributed by atoms with Gasteiger partial charge < -0.3 is 0 Å². The van der Waals surface area contributed by atoms with Crippen LogP contribution in [0, 0.1) is 6.92 Å². The van der Waals surface area contributed by atoms with E-state index in [2.05, 4.69) is 26.2 Å². The van der Waals surface area contributed by atoms with E-state index in [0.29, 0.717) is 18.6 Å². The summed E-state index contributed by atoms with van der Waals surface area (Å²) in [5.74, 6) is 0.311. The summed E-state index contributed by atoms with van der Waals surface area (Å²) in [6.07, 6.45) is 1.22. The molecule has 0 amide bonds. The van der Waals surface area contributed by atoms with Gasteiger partial charge >= 0.3 is 0 Å². The minimum atomic E-state index is 0.247. The number of aromatic nitrogens is 3. The molecule has 0 N–H and O–H groups in total. The van der Waals surface area contributed by atoms with E-state index in [1.54, 1.807) is 0 Å². The Kier molecular flexibility index (Phi) is 1.75. The topological polar surface area (TPSA) is 47.8 Å². The van der Waals surface area contributed by atoms with Crippen molar-refractivity contribution in [2.24, 2.45) is 0 Å². The van der Waals surface area contributed by atoms with Crippen molar-refractivity contribution in [3.63, 3.8) is 0 Å². The average molecular weight is 230 g/mol. The van der Waals surface area contributed by atoms with Gasteiger partial charge in [0.05, 0.1) is 11.7 Å². The van der Waals surface area contributed by atoms with Gasteiger partial charge in [-0.2, -0.15) is 0 Å². The fourth-order valence-electron chi connectivity index (χ4n) is 1.31. The standard InChI is InChI=1S/C7H8BrN3O/c1-4-7(8)9-10-11(4)5-2-6(12)3-5/h5H,2-3H2,1H3. The number of hydrogen-bond acceptors (Lipinski definition) is 3. The Bertz CT molecular complexity index is 325. The first kappa shape index (κ1) is 7.91. The second kappa shape index (κ2) is 2.65. The maximum atomic E-state index is 10.7. The van der Waals surface area contributed by atoms with Gasteiger partial charge in [-0.3, -0.25) is 4.79 Å². The number of hydrogen-bond donors (Lipinski definition) is 0. The van der Waals surface area contributed by atoms with Crippen LogP contribution in [0.3, 0.4) is 0 Å². The molecule has 2 rings (SSSR count). The molecule has 5 heteroatoms. The van der Waals surface area contributed by atoms with Gasteiger partial charge in [0.2, 0.25) is 0 Å². The highest BCUT2D eigenvalue weighted by Gasteiger charge is 2.30. The van der Waals surface area contributed by atoms with Crippen molar-refractivity contribution < 1.29 is 4.79 Å². The zero-order chi connectivity index (χ0) is 8.72. The van der Waals surface area contributed by atoms with Gasteiger partial charge in [0.25, 0.3) is 0 Å². The molecule has 0 aliphatic heterocycles. The zero-order valence-corrected chi connectivity index (χ0v) is 8.21. The van der Waals surface area contributed by atoms with Crippen LogP contribution in [0.25, 0.3) is 0 Å². The minimum Gasteiger partial charge on any atom is -0.300 e. The fourth-order valence-corrected chi connectivity index (χ4v) is 1.56. The smallest absolute Gasteiger partial charge is 0.151 e. The summed E-state index contributed by atoms with van der Waals surface area (Å²) in [5.41, 5.74) is 0.993. The van der Waals surface area contributed by atoms with Gasteiger partial charge in [0, 0.05) is 12.8 Å². The van der Waals surface area contributed by atoms with Crippen molar-refractivity contribution in [2.45, 2.75) is 25.8 Å². The monoisotopic (exact) mass is 229 g/mol. The predicted octanol–water partition coefficient (Wildman–Crippen LogP) is 1.25. The summed E-state index contributed by atoms with van der Waals surface area (Å²) in [5, 5.41) is 7.80. The number of ketones is 1. The second-order valence-electron chi connectivity index (χ2n) is 3.01. The Hall–Kier alpha value is -0.710. The van der Waals surface area contributed by atoms with Gasteiger partial charge in [-0.25, -0.2) is 4.68 Å². The van der Waals surface area contributed by atoms with Crippen LogP contribution >= 0.6 is 15.9 Å². The normalized spacial score (nSPS) is 18.0. The van der Waals surface area contributed by atoms with Crippen LogP contribution in [-0.2, 0) is 4.79 Å². The number of rotatable bonds is 1. The summed E-state index contributed by atoms with van der Waals surface area (Å²) in [6.45, 7) is 1.94. The van der Waals surface area contributed by atoms with E-state index in [1.807, 2.05) is 11.6 Å². The molecule has 0 unspecified atom stereocenters. The summed E-state index contributed by atoms with van der Waals surface area (Å²) < 4.78 is 2.58. The third kappa shape index (κ3) is 1.08. The Balaban J connectivity index is 2.23. The van der Waals surface area contributed by atoms with Gasteiger partial charge in [-0.05, 0) is 22.9 Å². The zero-order valence-electron chi connectivity index (χ0n) is 6.62. The predicted molar refractivity (Wildman–Crippen MR) is 45.7 cm³/mol. The lowest BCUT2D eigenvalue weighted by atomic mass is 9.91. The van der Waals surface area contributed by atoms with Crippen molar-refractivity contribution in [1.82, 2.24) is 15.0 Å². The van der Waals surface area contributed by atoms with Gasteiger partial charge in [0.15, 0.2) is 4.60 Å². The number of carbonyl (C=O) groups excluding carboxylic acids is 1. The van der Waals surface area contributed by atoms with Crippen LogP contribution in [0.4, 0.5) is 0 Å². The highest BCUT2D eigenvalue weighted by molar-refractivity contribution is 9.10. The Labute approximate surface area is 78.1 Å². The molecule has 0 saturated heterocycles. The first-order chi connectivity index (χ1) is 5.68. The van der Waals surface area contributed by atoms with E-state index >= 15 is 0 Å². The molecule has 1 saturated carbocycles. The first-order valence-corrected chi connectivity index (χ1v) is 4.57. The lowest BCUT2D eigenvalue weighted by Gasteiger charge is -2.24. The van der Waals surface area contributed by atoms with Crippen LogP contribution in [0.5, 0.6) is 0 Å². The van der Waals surface area contributed by atoms with Crippen molar-refractivity contribution in [2.75, 3.05) is 0 Å². The van der Waals surface area contributed by atoms with Crippen LogP contribution < -0.4 is 0 Å². The average Bonchev–Trinajstić information content (AvgIpc) is 2.28. The quantitative estimate of drug-likeness (QED) is 0.729. The van der Waals surface area contributed by atoms with Crippen LogP contribution in [-0.4, -0.2) is 20.8 Å². The molecule has 0 aromatic carbocycles. The maximum Gasteiger partial charge on any atom is 0.151 e. The second-order valence-corrected chi connectivity index (χ2v) is 3.76. The van der Waals surface area contributed by atoms with Gasteiger partial charge in [0.1, 0.15) is 5.78 Å². The summed E-state index contributed by atoms with van der Waals surface area (Å²) in [4.78, 5) is 10.7. The molecule has 1 aliphatic carbocycles. The van der Waals surface area contributed by atoms with Gasteiger partial charge in [-0.15, -0.1) is 5.10 Å². The number of Topliss-reactive ketones (excluding diaryl/α,β-unsaturated/α-hetero) is 1. The largest absolute Gasteiger partial charge is 0.300 e. The molecule has 0 atom stereocenters. The fraction of sp³-hybridized carbons (Fsp3) is 0.571. The Morgan fingerprint density at radius 3 is 2.67 bits per heavy atom. The minimum absolute atomic E-state index is 0.247. The van der Waals surface area contributed by atoms with Crippen molar-refractivity contribution in [3.05, 3.63) is 10.3 Å².